The molecule has 138 valence electrons. The summed E-state index contributed by atoms with van der Waals surface area (Å²) in [7, 11) is -3.18. The summed E-state index contributed by atoms with van der Waals surface area (Å²) < 4.78 is 24.8. The molecule has 1 aromatic carbocycles. The minimum Gasteiger partial charge on any atom is -0.478 e. The number of aromatic nitrogens is 2. The Hall–Kier alpha value is -2.32. The molecule has 0 saturated carbocycles. The average molecular weight is 375 g/mol. The molecule has 0 atom stereocenters. The van der Waals surface area contributed by atoms with Gasteiger partial charge < -0.3 is 5.11 Å². The first kappa shape index (κ1) is 18.5. The summed E-state index contributed by atoms with van der Waals surface area (Å²) in [5.41, 5.74) is 2.09. The summed E-state index contributed by atoms with van der Waals surface area (Å²) in [6.45, 7) is 2.74. The molecule has 2 aromatic rings. The second kappa shape index (κ2) is 7.13. The molecule has 26 heavy (non-hydrogen) atoms. The number of sulfonamides is 1. The van der Waals surface area contributed by atoms with Crippen molar-refractivity contribution in [2.75, 3.05) is 19.3 Å². The lowest BCUT2D eigenvalue weighted by Gasteiger charge is -2.29. The van der Waals surface area contributed by atoms with Crippen molar-refractivity contribution in [3.8, 4) is 11.3 Å². The number of carbonyl (C=O) groups is 1. The highest BCUT2D eigenvalue weighted by molar-refractivity contribution is 7.88. The molecule has 0 radical (unpaired) electrons. The fourth-order valence-electron chi connectivity index (χ4n) is 3.25. The van der Waals surface area contributed by atoms with Gasteiger partial charge in [0.25, 0.3) is 0 Å². The monoisotopic (exact) mass is 375 g/mol. The van der Waals surface area contributed by atoms with Crippen LogP contribution in [0.4, 0.5) is 0 Å². The minimum absolute atomic E-state index is 0.0589. The Balaban J connectivity index is 1.92. The van der Waals surface area contributed by atoms with E-state index in [2.05, 4.69) is 9.97 Å². The van der Waals surface area contributed by atoms with Crippen molar-refractivity contribution in [2.45, 2.75) is 25.7 Å². The minimum atomic E-state index is -3.18. The summed E-state index contributed by atoms with van der Waals surface area (Å²) in [6, 6.07) is 8.53. The number of aromatic carboxylic acids is 1. The maximum atomic E-state index is 11.7. The highest BCUT2D eigenvalue weighted by atomic mass is 32.2. The van der Waals surface area contributed by atoms with Crippen LogP contribution in [0.3, 0.4) is 0 Å². The van der Waals surface area contributed by atoms with E-state index in [1.165, 1.54) is 10.6 Å². The van der Waals surface area contributed by atoms with Gasteiger partial charge in [-0.25, -0.2) is 27.5 Å². The van der Waals surface area contributed by atoms with Crippen molar-refractivity contribution >= 4 is 16.0 Å². The van der Waals surface area contributed by atoms with Crippen molar-refractivity contribution in [3.63, 3.8) is 0 Å². The molecule has 0 unspecified atom stereocenters. The summed E-state index contributed by atoms with van der Waals surface area (Å²) >= 11 is 0. The molecule has 8 heteroatoms. The van der Waals surface area contributed by atoms with Gasteiger partial charge in [0.05, 0.1) is 17.5 Å². The normalized spacial score (nSPS) is 16.5. The Bertz CT molecular complexity index is 935. The van der Waals surface area contributed by atoms with E-state index in [0.717, 1.165) is 5.69 Å². The number of hydrogen-bond acceptors (Lipinski definition) is 5. The van der Waals surface area contributed by atoms with E-state index in [1.54, 1.807) is 30.3 Å². The van der Waals surface area contributed by atoms with Crippen LogP contribution in [0.1, 0.15) is 40.6 Å². The van der Waals surface area contributed by atoms with Crippen LogP contribution in [0.5, 0.6) is 0 Å². The number of benzene rings is 1. The van der Waals surface area contributed by atoms with Gasteiger partial charge in [-0.15, -0.1) is 0 Å². The average Bonchev–Trinajstić information content (AvgIpc) is 2.60. The van der Waals surface area contributed by atoms with Crippen molar-refractivity contribution in [2.24, 2.45) is 0 Å². The van der Waals surface area contributed by atoms with E-state index in [9.17, 15) is 18.3 Å². The van der Waals surface area contributed by atoms with Crippen LogP contribution in [-0.2, 0) is 10.0 Å². The number of hydrogen-bond donors (Lipinski definition) is 1. The molecule has 1 aliphatic rings. The second-order valence-electron chi connectivity index (χ2n) is 6.54. The predicted octanol–water partition coefficient (Wildman–Crippen LogP) is 2.29. The molecule has 1 fully saturated rings. The SMILES string of the molecule is Cc1cc(-c2ccccc2C(=O)O)nc(C2CCN(S(C)(=O)=O)CC2)n1. The van der Waals surface area contributed by atoms with Crippen LogP contribution in [0.25, 0.3) is 11.3 Å². The Labute approximate surface area is 152 Å². The van der Waals surface area contributed by atoms with Gasteiger partial charge in [-0.3, -0.25) is 0 Å². The van der Waals surface area contributed by atoms with Crippen molar-refractivity contribution in [1.82, 2.24) is 14.3 Å². The zero-order valence-electron chi connectivity index (χ0n) is 14.7. The van der Waals surface area contributed by atoms with Gasteiger partial charge in [-0.05, 0) is 31.9 Å². The van der Waals surface area contributed by atoms with Gasteiger partial charge in [0.2, 0.25) is 10.0 Å². The van der Waals surface area contributed by atoms with Crippen LogP contribution in [0, 0.1) is 6.92 Å². The maximum Gasteiger partial charge on any atom is 0.336 e. The standard InChI is InChI=1S/C18H21N3O4S/c1-12-11-16(14-5-3-4-6-15(14)18(22)23)20-17(19-12)13-7-9-21(10-8-13)26(2,24)25/h3-6,11,13H,7-10H2,1-2H3,(H,22,23). The fraction of sp³-hybridized carbons (Fsp3) is 0.389. The maximum absolute atomic E-state index is 11.7. The molecule has 1 aromatic heterocycles. The van der Waals surface area contributed by atoms with Crippen molar-refractivity contribution in [1.29, 1.82) is 0 Å². The molecule has 0 spiro atoms. The molecule has 2 heterocycles. The van der Waals surface area contributed by atoms with Crippen molar-refractivity contribution in [3.05, 3.63) is 47.4 Å². The summed E-state index contributed by atoms with van der Waals surface area (Å²) in [6.07, 6.45) is 2.52. The second-order valence-corrected chi connectivity index (χ2v) is 8.52. The third-order valence-electron chi connectivity index (χ3n) is 4.59. The molecule has 3 rings (SSSR count). The van der Waals surface area contributed by atoms with E-state index < -0.39 is 16.0 Å². The van der Waals surface area contributed by atoms with E-state index in [-0.39, 0.29) is 11.5 Å². The number of rotatable bonds is 4. The zero-order valence-corrected chi connectivity index (χ0v) is 15.5. The predicted molar refractivity (Wildman–Crippen MR) is 97.6 cm³/mol. The van der Waals surface area contributed by atoms with E-state index in [0.29, 0.717) is 43.0 Å². The zero-order chi connectivity index (χ0) is 18.9. The Morgan fingerprint density at radius 1 is 1.19 bits per heavy atom. The van der Waals surface area contributed by atoms with Crippen LogP contribution >= 0.6 is 0 Å². The molecule has 0 bridgehead atoms. The third-order valence-corrected chi connectivity index (χ3v) is 5.90. The molecular formula is C18H21N3O4S. The molecule has 0 aliphatic carbocycles. The molecule has 1 aliphatic heterocycles. The Morgan fingerprint density at radius 3 is 2.46 bits per heavy atom. The van der Waals surface area contributed by atoms with Crippen LogP contribution < -0.4 is 0 Å². The van der Waals surface area contributed by atoms with Crippen LogP contribution in [-0.4, -0.2) is 53.1 Å². The highest BCUT2D eigenvalue weighted by Gasteiger charge is 2.27. The van der Waals surface area contributed by atoms with Gasteiger partial charge >= 0.3 is 5.97 Å². The lowest BCUT2D eigenvalue weighted by atomic mass is 9.96. The lowest BCUT2D eigenvalue weighted by molar-refractivity contribution is 0.0697. The first-order valence-corrected chi connectivity index (χ1v) is 10.2. The van der Waals surface area contributed by atoms with E-state index in [1.807, 2.05) is 6.92 Å². The van der Waals surface area contributed by atoms with E-state index in [4.69, 9.17) is 0 Å². The van der Waals surface area contributed by atoms with Gasteiger partial charge in [0.15, 0.2) is 0 Å². The lowest BCUT2D eigenvalue weighted by Crippen LogP contribution is -2.37. The highest BCUT2D eigenvalue weighted by Crippen LogP contribution is 2.29. The smallest absolute Gasteiger partial charge is 0.336 e. The molecule has 1 saturated heterocycles. The first-order valence-electron chi connectivity index (χ1n) is 8.39. The summed E-state index contributed by atoms with van der Waals surface area (Å²) in [4.78, 5) is 20.6. The number of aryl methyl sites for hydroxylation is 1. The topological polar surface area (TPSA) is 100 Å². The molecule has 7 nitrogen and oxygen atoms in total. The first-order chi connectivity index (χ1) is 12.3. The quantitative estimate of drug-likeness (QED) is 0.880. The number of carboxylic acid groups (broad SMARTS) is 1. The van der Waals surface area contributed by atoms with Gasteiger partial charge in [-0.1, -0.05) is 18.2 Å². The molecule has 1 N–H and O–H groups in total. The summed E-state index contributed by atoms with van der Waals surface area (Å²) in [5.74, 6) is -0.295. The number of nitrogens with zero attached hydrogens (tertiary/aromatic N) is 3. The fourth-order valence-corrected chi connectivity index (χ4v) is 4.12. The Morgan fingerprint density at radius 2 is 1.85 bits per heavy atom. The van der Waals surface area contributed by atoms with Gasteiger partial charge in [0.1, 0.15) is 5.82 Å². The van der Waals surface area contributed by atoms with E-state index >= 15 is 0 Å². The van der Waals surface area contributed by atoms with Gasteiger partial charge in [-0.2, -0.15) is 0 Å². The summed E-state index contributed by atoms with van der Waals surface area (Å²) in [5, 5.41) is 9.41. The van der Waals surface area contributed by atoms with Crippen LogP contribution in [0.15, 0.2) is 30.3 Å². The number of carboxylic acids is 1. The largest absolute Gasteiger partial charge is 0.478 e. The molecular weight excluding hydrogens is 354 g/mol. The third kappa shape index (κ3) is 3.91. The molecule has 0 amide bonds. The number of piperidine rings is 1. The van der Waals surface area contributed by atoms with Gasteiger partial charge in [0, 0.05) is 30.3 Å². The Kier molecular flexibility index (Phi) is 5.06. The van der Waals surface area contributed by atoms with Crippen molar-refractivity contribution < 1.29 is 18.3 Å². The van der Waals surface area contributed by atoms with Crippen LogP contribution in [0.2, 0.25) is 0 Å².